The molecular weight excluding hydrogens is 405 g/mol. The SMILES string of the molecule is CN(C)c1ccccc1-c1ccccc1P(=O)(OC1CCCCC1)OC1CCCCC1. The maximum absolute atomic E-state index is 14.6. The van der Waals surface area contributed by atoms with Gasteiger partial charge in [0.05, 0.1) is 17.5 Å². The van der Waals surface area contributed by atoms with Gasteiger partial charge in [-0.3, -0.25) is 4.57 Å². The van der Waals surface area contributed by atoms with Crippen LogP contribution in [0.3, 0.4) is 0 Å². The summed E-state index contributed by atoms with van der Waals surface area (Å²) in [5.41, 5.74) is 3.10. The molecule has 0 aliphatic heterocycles. The van der Waals surface area contributed by atoms with Gasteiger partial charge in [0.2, 0.25) is 0 Å². The molecule has 2 aromatic carbocycles. The molecule has 0 bridgehead atoms. The van der Waals surface area contributed by atoms with E-state index in [4.69, 9.17) is 9.05 Å². The molecule has 0 amide bonds. The number of para-hydroxylation sites is 1. The minimum atomic E-state index is -3.48. The second kappa shape index (κ2) is 10.3. The monoisotopic (exact) mass is 441 g/mol. The fraction of sp³-hybridized carbons (Fsp3) is 0.538. The first-order valence-electron chi connectivity index (χ1n) is 11.9. The van der Waals surface area contributed by atoms with Crippen LogP contribution in [0.4, 0.5) is 5.69 Å². The molecule has 4 nitrogen and oxygen atoms in total. The molecular formula is C26H36NO3P. The van der Waals surface area contributed by atoms with Crippen molar-refractivity contribution in [1.29, 1.82) is 0 Å². The molecule has 0 spiro atoms. The molecule has 2 aromatic rings. The fourth-order valence-electron chi connectivity index (χ4n) is 4.90. The highest BCUT2D eigenvalue weighted by Crippen LogP contribution is 2.54. The predicted octanol–water partition coefficient (Wildman–Crippen LogP) is 6.94. The Morgan fingerprint density at radius 2 is 1.19 bits per heavy atom. The highest BCUT2D eigenvalue weighted by Gasteiger charge is 2.37. The van der Waals surface area contributed by atoms with Gasteiger partial charge in [-0.05, 0) is 43.4 Å². The zero-order chi connectivity index (χ0) is 21.7. The van der Waals surface area contributed by atoms with Crippen molar-refractivity contribution in [2.75, 3.05) is 19.0 Å². The molecule has 0 heterocycles. The number of benzene rings is 2. The minimum Gasteiger partial charge on any atom is -0.377 e. The van der Waals surface area contributed by atoms with E-state index < -0.39 is 7.60 Å². The van der Waals surface area contributed by atoms with Crippen molar-refractivity contribution in [2.45, 2.75) is 76.4 Å². The van der Waals surface area contributed by atoms with Crippen LogP contribution in [-0.4, -0.2) is 26.3 Å². The molecule has 0 saturated heterocycles. The van der Waals surface area contributed by atoms with E-state index in [2.05, 4.69) is 23.1 Å². The van der Waals surface area contributed by atoms with E-state index >= 15 is 0 Å². The van der Waals surface area contributed by atoms with Gasteiger partial charge in [0.25, 0.3) is 0 Å². The Hall–Kier alpha value is -1.61. The van der Waals surface area contributed by atoms with Crippen LogP contribution in [0.25, 0.3) is 11.1 Å². The van der Waals surface area contributed by atoms with Crippen LogP contribution in [0, 0.1) is 0 Å². The molecule has 2 aliphatic rings. The number of anilines is 1. The van der Waals surface area contributed by atoms with Gasteiger partial charge in [-0.1, -0.05) is 74.9 Å². The van der Waals surface area contributed by atoms with Crippen LogP contribution in [0.5, 0.6) is 0 Å². The van der Waals surface area contributed by atoms with Crippen LogP contribution >= 0.6 is 7.60 Å². The van der Waals surface area contributed by atoms with Gasteiger partial charge in [0, 0.05) is 25.3 Å². The maximum Gasteiger partial charge on any atom is 0.362 e. The van der Waals surface area contributed by atoms with Crippen LogP contribution < -0.4 is 10.2 Å². The van der Waals surface area contributed by atoms with Crippen molar-refractivity contribution in [2.24, 2.45) is 0 Å². The molecule has 0 radical (unpaired) electrons. The summed E-state index contributed by atoms with van der Waals surface area (Å²) in [6.07, 6.45) is 10.9. The Morgan fingerprint density at radius 3 is 1.74 bits per heavy atom. The zero-order valence-electron chi connectivity index (χ0n) is 19.0. The molecule has 0 N–H and O–H groups in total. The first-order valence-corrected chi connectivity index (χ1v) is 13.4. The Balaban J connectivity index is 1.75. The van der Waals surface area contributed by atoms with Crippen molar-refractivity contribution in [1.82, 2.24) is 0 Å². The average Bonchev–Trinajstić information content (AvgIpc) is 2.80. The smallest absolute Gasteiger partial charge is 0.362 e. The van der Waals surface area contributed by atoms with Crippen molar-refractivity contribution in [3.8, 4) is 11.1 Å². The third-order valence-corrected chi connectivity index (χ3v) is 8.69. The number of hydrogen-bond donors (Lipinski definition) is 0. The Labute approximate surface area is 187 Å². The van der Waals surface area contributed by atoms with Crippen molar-refractivity contribution in [3.05, 3.63) is 48.5 Å². The highest BCUT2D eigenvalue weighted by molar-refractivity contribution is 7.62. The summed E-state index contributed by atoms with van der Waals surface area (Å²) in [7, 11) is 0.599. The Kier molecular flexibility index (Phi) is 7.53. The summed E-state index contributed by atoms with van der Waals surface area (Å²) in [5.74, 6) is 0. The molecule has 2 aliphatic carbocycles. The minimum absolute atomic E-state index is 0.0142. The quantitative estimate of drug-likeness (QED) is 0.437. The molecule has 0 atom stereocenters. The van der Waals surface area contributed by atoms with Crippen LogP contribution in [0.2, 0.25) is 0 Å². The molecule has 5 heteroatoms. The van der Waals surface area contributed by atoms with E-state index in [0.29, 0.717) is 5.30 Å². The summed E-state index contributed by atoms with van der Waals surface area (Å²) in [5, 5.41) is 0.709. The standard InChI is InChI=1S/C26H36NO3P/c1-27(2)25-19-11-9-17-23(25)24-18-10-12-20-26(24)31(28,29-21-13-5-3-6-14-21)30-22-15-7-4-8-16-22/h9-12,17-22H,3-8,13-16H2,1-2H3. The number of rotatable bonds is 7. The molecule has 168 valence electrons. The van der Waals surface area contributed by atoms with E-state index in [1.54, 1.807) is 0 Å². The maximum atomic E-state index is 14.6. The van der Waals surface area contributed by atoms with E-state index in [9.17, 15) is 4.57 Å². The van der Waals surface area contributed by atoms with E-state index in [0.717, 1.165) is 68.2 Å². The lowest BCUT2D eigenvalue weighted by Crippen LogP contribution is -2.25. The third-order valence-electron chi connectivity index (χ3n) is 6.56. The lowest BCUT2D eigenvalue weighted by molar-refractivity contribution is 0.0846. The van der Waals surface area contributed by atoms with Gasteiger partial charge in [-0.15, -0.1) is 0 Å². The number of hydrogen-bond acceptors (Lipinski definition) is 4. The van der Waals surface area contributed by atoms with Gasteiger partial charge in [0.15, 0.2) is 0 Å². The second-order valence-electron chi connectivity index (χ2n) is 9.16. The van der Waals surface area contributed by atoms with Crippen LogP contribution in [0.1, 0.15) is 64.2 Å². The Morgan fingerprint density at radius 1 is 0.710 bits per heavy atom. The van der Waals surface area contributed by atoms with Gasteiger partial charge < -0.3 is 13.9 Å². The lowest BCUT2D eigenvalue weighted by atomic mass is 9.98. The van der Waals surface area contributed by atoms with Gasteiger partial charge in [-0.25, -0.2) is 0 Å². The summed E-state index contributed by atoms with van der Waals surface area (Å²) in [6.45, 7) is 0. The average molecular weight is 442 g/mol. The molecule has 0 unspecified atom stereocenters. The van der Waals surface area contributed by atoms with E-state index in [1.807, 2.05) is 44.4 Å². The predicted molar refractivity (Wildman–Crippen MR) is 129 cm³/mol. The molecule has 2 fully saturated rings. The summed E-state index contributed by atoms with van der Waals surface area (Å²) in [4.78, 5) is 2.10. The van der Waals surface area contributed by atoms with Gasteiger partial charge in [-0.2, -0.15) is 0 Å². The summed E-state index contributed by atoms with van der Waals surface area (Å²) >= 11 is 0. The molecule has 0 aromatic heterocycles. The Bertz CT molecular complexity index is 877. The largest absolute Gasteiger partial charge is 0.377 e. The molecule has 4 rings (SSSR count). The van der Waals surface area contributed by atoms with Crippen molar-refractivity contribution >= 4 is 18.6 Å². The molecule has 31 heavy (non-hydrogen) atoms. The highest BCUT2D eigenvalue weighted by atomic mass is 31.2. The van der Waals surface area contributed by atoms with Crippen molar-refractivity contribution < 1.29 is 13.6 Å². The van der Waals surface area contributed by atoms with Crippen LogP contribution in [-0.2, 0) is 13.6 Å². The second-order valence-corrected chi connectivity index (χ2v) is 11.1. The zero-order valence-corrected chi connectivity index (χ0v) is 19.9. The first-order chi connectivity index (χ1) is 15.1. The van der Waals surface area contributed by atoms with Crippen LogP contribution in [0.15, 0.2) is 48.5 Å². The fourth-order valence-corrected chi connectivity index (χ4v) is 7.15. The molecule has 2 saturated carbocycles. The number of nitrogens with zero attached hydrogens (tertiary/aromatic N) is 1. The summed E-state index contributed by atoms with van der Waals surface area (Å²) in [6, 6.07) is 16.2. The van der Waals surface area contributed by atoms with Crippen molar-refractivity contribution in [3.63, 3.8) is 0 Å². The van der Waals surface area contributed by atoms with E-state index in [1.165, 1.54) is 12.8 Å². The van der Waals surface area contributed by atoms with E-state index in [-0.39, 0.29) is 12.2 Å². The third kappa shape index (κ3) is 5.42. The first kappa shape index (κ1) is 22.6. The topological polar surface area (TPSA) is 38.8 Å². The van der Waals surface area contributed by atoms with Gasteiger partial charge >= 0.3 is 7.60 Å². The normalized spacial score (nSPS) is 18.8. The van der Waals surface area contributed by atoms with Gasteiger partial charge in [0.1, 0.15) is 0 Å². The lowest BCUT2D eigenvalue weighted by Gasteiger charge is -2.32. The summed E-state index contributed by atoms with van der Waals surface area (Å²) < 4.78 is 27.5.